The summed E-state index contributed by atoms with van der Waals surface area (Å²) in [6.07, 6.45) is 5.82. The first-order valence-electron chi connectivity index (χ1n) is 6.27. The molecule has 0 aliphatic heterocycles. The summed E-state index contributed by atoms with van der Waals surface area (Å²) in [6, 6.07) is 5.37. The smallest absolute Gasteiger partial charge is 0.251 e. The van der Waals surface area contributed by atoms with Crippen LogP contribution in [0.25, 0.3) is 0 Å². The van der Waals surface area contributed by atoms with Gasteiger partial charge in [0.15, 0.2) is 0 Å². The first-order valence-corrected chi connectivity index (χ1v) is 6.27. The van der Waals surface area contributed by atoms with Crippen molar-refractivity contribution in [2.24, 2.45) is 0 Å². The normalized spacial score (nSPS) is 16.8. The molecule has 1 aliphatic rings. The van der Waals surface area contributed by atoms with E-state index in [4.69, 9.17) is 0 Å². The number of aryl methyl sites for hydroxylation is 1. The van der Waals surface area contributed by atoms with Gasteiger partial charge in [-0.15, -0.1) is 0 Å². The van der Waals surface area contributed by atoms with E-state index >= 15 is 0 Å². The van der Waals surface area contributed by atoms with Gasteiger partial charge in [-0.05, 0) is 37.5 Å². The molecule has 0 bridgehead atoms. The van der Waals surface area contributed by atoms with Gasteiger partial charge in [0.2, 0.25) is 0 Å². The van der Waals surface area contributed by atoms with E-state index in [0.29, 0.717) is 11.6 Å². The highest BCUT2D eigenvalue weighted by molar-refractivity contribution is 5.94. The molecule has 0 unspecified atom stereocenters. The van der Waals surface area contributed by atoms with Crippen LogP contribution in [-0.2, 0) is 0 Å². The van der Waals surface area contributed by atoms with Gasteiger partial charge in [-0.3, -0.25) is 4.79 Å². The van der Waals surface area contributed by atoms with Crippen LogP contribution in [0.1, 0.15) is 48.0 Å². The van der Waals surface area contributed by atoms with E-state index in [1.165, 1.54) is 25.3 Å². The zero-order chi connectivity index (χ0) is 12.3. The van der Waals surface area contributed by atoms with Crippen LogP contribution in [0.3, 0.4) is 0 Å². The molecule has 2 N–H and O–H groups in total. The number of hydrogen-bond acceptors (Lipinski definition) is 2. The molecule has 0 spiro atoms. The molecule has 17 heavy (non-hydrogen) atoms. The number of carbonyl (C=O) groups excluding carboxylic acids is 1. The van der Waals surface area contributed by atoms with Gasteiger partial charge in [-0.2, -0.15) is 0 Å². The molecule has 0 heterocycles. The molecule has 1 aromatic carbocycles. The summed E-state index contributed by atoms with van der Waals surface area (Å²) in [5.41, 5.74) is 1.33. The lowest BCUT2D eigenvalue weighted by atomic mass is 9.95. The summed E-state index contributed by atoms with van der Waals surface area (Å²) < 4.78 is 0. The number of carbonyl (C=O) groups is 1. The molecule has 2 rings (SSSR count). The molecule has 3 heteroatoms. The molecule has 0 radical (unpaired) electrons. The van der Waals surface area contributed by atoms with Crippen molar-refractivity contribution in [3.63, 3.8) is 0 Å². The topological polar surface area (TPSA) is 49.3 Å². The van der Waals surface area contributed by atoms with E-state index in [9.17, 15) is 9.90 Å². The van der Waals surface area contributed by atoms with Gasteiger partial charge in [-0.1, -0.05) is 25.3 Å². The Morgan fingerprint density at radius 2 is 2.00 bits per heavy atom. The maximum absolute atomic E-state index is 12.0. The van der Waals surface area contributed by atoms with E-state index in [0.717, 1.165) is 18.4 Å². The van der Waals surface area contributed by atoms with Crippen molar-refractivity contribution in [2.75, 3.05) is 0 Å². The molecule has 92 valence electrons. The summed E-state index contributed by atoms with van der Waals surface area (Å²) in [5, 5.41) is 12.6. The van der Waals surface area contributed by atoms with E-state index in [1.807, 2.05) is 6.92 Å². The number of benzene rings is 1. The Morgan fingerprint density at radius 3 is 2.65 bits per heavy atom. The third-order valence-corrected chi connectivity index (χ3v) is 3.41. The molecule has 3 nitrogen and oxygen atoms in total. The second kappa shape index (κ2) is 5.21. The molecule has 0 atom stereocenters. The van der Waals surface area contributed by atoms with Gasteiger partial charge >= 0.3 is 0 Å². The van der Waals surface area contributed by atoms with Gasteiger partial charge in [0.25, 0.3) is 5.91 Å². The minimum absolute atomic E-state index is 0.0767. The van der Waals surface area contributed by atoms with E-state index in [2.05, 4.69) is 5.32 Å². The summed E-state index contributed by atoms with van der Waals surface area (Å²) >= 11 is 0. The second-order valence-electron chi connectivity index (χ2n) is 4.81. The standard InChI is InChI=1S/C14H19NO2/c1-10-7-8-11(9-13(10)16)14(17)15-12-5-3-2-4-6-12/h7-9,12,16H,2-6H2,1H3,(H,15,17). The third-order valence-electron chi connectivity index (χ3n) is 3.41. The van der Waals surface area contributed by atoms with Crippen molar-refractivity contribution < 1.29 is 9.90 Å². The van der Waals surface area contributed by atoms with Crippen LogP contribution in [0, 0.1) is 6.92 Å². The van der Waals surface area contributed by atoms with Gasteiger partial charge in [0.05, 0.1) is 0 Å². The zero-order valence-corrected chi connectivity index (χ0v) is 10.2. The minimum Gasteiger partial charge on any atom is -0.508 e. The maximum Gasteiger partial charge on any atom is 0.251 e. The van der Waals surface area contributed by atoms with Gasteiger partial charge in [0.1, 0.15) is 5.75 Å². The number of amides is 1. The van der Waals surface area contributed by atoms with Crippen LogP contribution in [0.15, 0.2) is 18.2 Å². The Hall–Kier alpha value is -1.51. The predicted molar refractivity (Wildman–Crippen MR) is 67.2 cm³/mol. The van der Waals surface area contributed by atoms with Crippen molar-refractivity contribution >= 4 is 5.91 Å². The summed E-state index contributed by atoms with van der Waals surface area (Å²) in [7, 11) is 0. The van der Waals surface area contributed by atoms with Crippen LogP contribution in [0.2, 0.25) is 0 Å². The second-order valence-corrected chi connectivity index (χ2v) is 4.81. The molecule has 1 aromatic rings. The van der Waals surface area contributed by atoms with Crippen LogP contribution < -0.4 is 5.32 Å². The van der Waals surface area contributed by atoms with Gasteiger partial charge in [-0.25, -0.2) is 0 Å². The Balaban J connectivity index is 2.01. The fourth-order valence-electron chi connectivity index (χ4n) is 2.27. The van der Waals surface area contributed by atoms with Crippen LogP contribution in [-0.4, -0.2) is 17.1 Å². The van der Waals surface area contributed by atoms with Crippen LogP contribution in [0.4, 0.5) is 0 Å². The number of rotatable bonds is 2. The van der Waals surface area contributed by atoms with Gasteiger partial charge in [0, 0.05) is 11.6 Å². The predicted octanol–water partition coefficient (Wildman–Crippen LogP) is 2.76. The molecule has 0 saturated heterocycles. The Labute approximate surface area is 102 Å². The molecule has 1 amide bonds. The van der Waals surface area contributed by atoms with Crippen molar-refractivity contribution in [3.8, 4) is 5.75 Å². The zero-order valence-electron chi connectivity index (χ0n) is 10.2. The fourth-order valence-corrected chi connectivity index (χ4v) is 2.27. The van der Waals surface area contributed by atoms with Crippen molar-refractivity contribution in [1.82, 2.24) is 5.32 Å². The van der Waals surface area contributed by atoms with E-state index < -0.39 is 0 Å². The van der Waals surface area contributed by atoms with Crippen LogP contribution in [0.5, 0.6) is 5.75 Å². The number of aromatic hydroxyl groups is 1. The molecule has 0 aromatic heterocycles. The molecular formula is C14H19NO2. The molecule has 1 saturated carbocycles. The number of phenolic OH excluding ortho intramolecular Hbond substituents is 1. The first-order chi connectivity index (χ1) is 8.16. The average Bonchev–Trinajstić information content (AvgIpc) is 2.34. The highest BCUT2D eigenvalue weighted by Crippen LogP contribution is 2.20. The monoisotopic (exact) mass is 233 g/mol. The first kappa shape index (κ1) is 12.0. The maximum atomic E-state index is 12.0. The fraction of sp³-hybridized carbons (Fsp3) is 0.500. The largest absolute Gasteiger partial charge is 0.508 e. The minimum atomic E-state index is -0.0767. The highest BCUT2D eigenvalue weighted by atomic mass is 16.3. The Bertz CT molecular complexity index is 409. The molecule has 1 aliphatic carbocycles. The average molecular weight is 233 g/mol. The number of nitrogens with one attached hydrogen (secondary N) is 1. The highest BCUT2D eigenvalue weighted by Gasteiger charge is 2.16. The number of hydrogen-bond donors (Lipinski definition) is 2. The van der Waals surface area contributed by atoms with E-state index in [1.54, 1.807) is 12.1 Å². The molecule has 1 fully saturated rings. The van der Waals surface area contributed by atoms with Crippen LogP contribution >= 0.6 is 0 Å². The lowest BCUT2D eigenvalue weighted by molar-refractivity contribution is 0.0927. The Kier molecular flexibility index (Phi) is 3.67. The lowest BCUT2D eigenvalue weighted by Gasteiger charge is -2.22. The van der Waals surface area contributed by atoms with Gasteiger partial charge < -0.3 is 10.4 Å². The quantitative estimate of drug-likeness (QED) is 0.825. The summed E-state index contributed by atoms with van der Waals surface area (Å²) in [4.78, 5) is 12.0. The van der Waals surface area contributed by atoms with E-state index in [-0.39, 0.29) is 11.7 Å². The van der Waals surface area contributed by atoms with Crippen molar-refractivity contribution in [1.29, 1.82) is 0 Å². The van der Waals surface area contributed by atoms with Crippen molar-refractivity contribution in [2.45, 2.75) is 45.1 Å². The Morgan fingerprint density at radius 1 is 1.29 bits per heavy atom. The SMILES string of the molecule is Cc1ccc(C(=O)NC2CCCCC2)cc1O. The summed E-state index contributed by atoms with van der Waals surface area (Å²) in [6.45, 7) is 1.82. The third kappa shape index (κ3) is 2.99. The number of phenols is 1. The van der Waals surface area contributed by atoms with Crippen molar-refractivity contribution in [3.05, 3.63) is 29.3 Å². The summed E-state index contributed by atoms with van der Waals surface area (Å²) in [5.74, 6) is 0.105. The molecular weight excluding hydrogens is 214 g/mol. The lowest BCUT2D eigenvalue weighted by Crippen LogP contribution is -2.36.